The number of pyridine rings is 4. The van der Waals surface area contributed by atoms with Crippen LogP contribution in [0.25, 0.3) is 10.6 Å². The fourth-order valence-electron chi connectivity index (χ4n) is 3.62. The Bertz CT molecular complexity index is 1100. The topological polar surface area (TPSA) is 99.2 Å². The Morgan fingerprint density at radius 1 is 0.346 bits per heavy atom. The minimum absolute atomic E-state index is 0. The van der Waals surface area contributed by atoms with Crippen molar-refractivity contribution in [3.8, 4) is 0 Å². The number of rotatable bonds is 16. The maximum Gasteiger partial charge on any atom is 1.00 e. The molecule has 0 amide bonds. The molecule has 0 radical (unpaired) electrons. The van der Waals surface area contributed by atoms with Crippen molar-refractivity contribution >= 4 is 23.3 Å². The zero-order valence-corrected chi connectivity index (χ0v) is 38.3. The Balaban J connectivity index is 0. The van der Waals surface area contributed by atoms with Crippen molar-refractivity contribution in [3.63, 3.8) is 0 Å². The first-order valence-electron chi connectivity index (χ1n) is 17.0. The van der Waals surface area contributed by atoms with E-state index in [4.69, 9.17) is 0 Å². The molecule has 4 aromatic rings. The SMILES string of the molecule is CN(C)CCN(C)CCN(C)C.CN(C)CCN(C)CCN(C)C.[Na+].[Na+].c1ccc([N-]c2ccccn2)nc1.c1ccc([N-]c2ccccn2)nc1. The molecule has 0 fully saturated rings. The van der Waals surface area contributed by atoms with E-state index >= 15 is 0 Å². The molecule has 52 heavy (non-hydrogen) atoms. The molecule has 0 bridgehead atoms. The van der Waals surface area contributed by atoms with Gasteiger partial charge in [-0.25, -0.2) is 0 Å². The molecule has 4 aromatic heterocycles. The molecular formula is C38H62N12Na2. The molecule has 0 atom stereocenters. The van der Waals surface area contributed by atoms with Crippen molar-refractivity contribution in [3.05, 3.63) is 108 Å². The zero-order valence-electron chi connectivity index (χ0n) is 34.3. The summed E-state index contributed by atoms with van der Waals surface area (Å²) in [6.45, 7) is 9.19. The zero-order chi connectivity index (χ0) is 37.0. The van der Waals surface area contributed by atoms with Crippen LogP contribution in [0.4, 0.5) is 23.3 Å². The largest absolute Gasteiger partial charge is 1.00 e. The smallest absolute Gasteiger partial charge is 0.369 e. The minimum Gasteiger partial charge on any atom is -0.369 e. The average Bonchev–Trinajstić information content (AvgIpc) is 3.10. The number of nitrogens with zero attached hydrogens (tertiary/aromatic N) is 12. The molecule has 4 rings (SSSR count). The van der Waals surface area contributed by atoms with Crippen molar-refractivity contribution in [1.82, 2.24) is 49.3 Å². The van der Waals surface area contributed by atoms with E-state index in [0.717, 1.165) is 52.4 Å². The van der Waals surface area contributed by atoms with Crippen molar-refractivity contribution in [1.29, 1.82) is 0 Å². The van der Waals surface area contributed by atoms with Gasteiger partial charge in [-0.1, -0.05) is 48.5 Å². The summed E-state index contributed by atoms with van der Waals surface area (Å²) in [4.78, 5) is 29.8. The summed E-state index contributed by atoms with van der Waals surface area (Å²) in [5.41, 5.74) is 0. The third-order valence-corrected chi connectivity index (χ3v) is 6.77. The molecule has 0 aromatic carbocycles. The van der Waals surface area contributed by atoms with Gasteiger partial charge in [0, 0.05) is 75.6 Å². The Morgan fingerprint density at radius 2 is 0.558 bits per heavy atom. The molecule has 0 unspecified atom stereocenters. The molecule has 276 valence electrons. The molecular weight excluding hydrogens is 670 g/mol. The van der Waals surface area contributed by atoms with E-state index in [1.165, 1.54) is 0 Å². The van der Waals surface area contributed by atoms with Crippen molar-refractivity contribution < 1.29 is 59.1 Å². The summed E-state index contributed by atoms with van der Waals surface area (Å²) in [5.74, 6) is 2.73. The van der Waals surface area contributed by atoms with Gasteiger partial charge >= 0.3 is 59.1 Å². The van der Waals surface area contributed by atoms with Gasteiger partial charge in [0.05, 0.1) is 0 Å². The number of hydrogen-bond donors (Lipinski definition) is 0. The van der Waals surface area contributed by atoms with Gasteiger partial charge in [-0.2, -0.15) is 0 Å². The second-order valence-electron chi connectivity index (χ2n) is 12.8. The third-order valence-electron chi connectivity index (χ3n) is 6.77. The van der Waals surface area contributed by atoms with Crippen LogP contribution in [0.1, 0.15) is 0 Å². The minimum atomic E-state index is 0. The van der Waals surface area contributed by atoms with Gasteiger partial charge in [-0.15, -0.1) is 0 Å². The third kappa shape index (κ3) is 31.5. The summed E-state index contributed by atoms with van der Waals surface area (Å²) in [6, 6.07) is 22.4. The number of aromatic nitrogens is 4. The molecule has 12 nitrogen and oxygen atoms in total. The number of likely N-dealkylation sites (N-methyl/N-ethyl adjacent to an activating group) is 6. The first-order valence-corrected chi connectivity index (χ1v) is 17.0. The van der Waals surface area contributed by atoms with Gasteiger partial charge in [0.25, 0.3) is 0 Å². The Hall–Kier alpha value is -2.04. The predicted molar refractivity (Wildman–Crippen MR) is 212 cm³/mol. The fraction of sp³-hybridized carbons (Fsp3) is 0.474. The molecule has 0 saturated heterocycles. The summed E-state index contributed by atoms with van der Waals surface area (Å²) in [6.07, 6.45) is 6.84. The fourth-order valence-corrected chi connectivity index (χ4v) is 3.62. The van der Waals surface area contributed by atoms with Crippen LogP contribution in [-0.4, -0.2) is 172 Å². The van der Waals surface area contributed by atoms with Gasteiger partial charge in [-0.05, 0) is 120 Å². The molecule has 0 spiro atoms. The van der Waals surface area contributed by atoms with Crippen LogP contribution in [0.5, 0.6) is 0 Å². The van der Waals surface area contributed by atoms with Crippen LogP contribution in [0.15, 0.2) is 97.6 Å². The van der Waals surface area contributed by atoms with E-state index < -0.39 is 0 Å². The van der Waals surface area contributed by atoms with Gasteiger partial charge in [0.1, 0.15) is 0 Å². The summed E-state index contributed by atoms with van der Waals surface area (Å²) in [5, 5.41) is 8.44. The van der Waals surface area contributed by atoms with Crippen molar-refractivity contribution in [2.45, 2.75) is 0 Å². The Kier molecular flexibility index (Phi) is 33.6. The van der Waals surface area contributed by atoms with Crippen LogP contribution >= 0.6 is 0 Å². The van der Waals surface area contributed by atoms with Crippen LogP contribution in [-0.2, 0) is 0 Å². The monoisotopic (exact) mass is 733 g/mol. The average molecular weight is 733 g/mol. The van der Waals surface area contributed by atoms with E-state index in [1.807, 2.05) is 72.8 Å². The quantitative estimate of drug-likeness (QED) is 0.143. The van der Waals surface area contributed by atoms with Gasteiger partial charge in [0.2, 0.25) is 0 Å². The van der Waals surface area contributed by atoms with Gasteiger partial charge in [0.15, 0.2) is 0 Å². The molecule has 14 heteroatoms. The van der Waals surface area contributed by atoms with Gasteiger partial charge < -0.3 is 60.0 Å². The standard InChI is InChI=1S/2C10H8N3.2C9H23N3.2Na/c2*1-3-7-11-9(5-1)13-10-6-2-4-8-12-10;2*1-10(2)6-8-12(5)9-7-11(3)4;;/h2*1-8H;2*6-9H2,1-5H3;;/q2*-1;;;2*+1. The van der Waals surface area contributed by atoms with Gasteiger partial charge in [-0.3, -0.25) is 0 Å². The summed E-state index contributed by atoms with van der Waals surface area (Å²) < 4.78 is 0. The van der Waals surface area contributed by atoms with Crippen LogP contribution < -0.4 is 59.1 Å². The summed E-state index contributed by atoms with van der Waals surface area (Å²) in [7, 11) is 21.2. The first-order chi connectivity index (χ1) is 23.9. The second-order valence-corrected chi connectivity index (χ2v) is 12.8. The predicted octanol–water partition coefficient (Wildman–Crippen LogP) is -0.282. The molecule has 4 heterocycles. The molecule has 0 aliphatic rings. The van der Waals surface area contributed by atoms with E-state index in [2.05, 4.69) is 130 Å². The van der Waals surface area contributed by atoms with E-state index in [0.29, 0.717) is 23.3 Å². The summed E-state index contributed by atoms with van der Waals surface area (Å²) >= 11 is 0. The van der Waals surface area contributed by atoms with E-state index in [1.54, 1.807) is 24.8 Å². The Labute approximate surface area is 360 Å². The molecule has 0 aliphatic heterocycles. The maximum atomic E-state index is 4.22. The van der Waals surface area contributed by atoms with E-state index in [9.17, 15) is 0 Å². The molecule has 0 N–H and O–H groups in total. The number of hydrogen-bond acceptors (Lipinski definition) is 10. The Morgan fingerprint density at radius 3 is 0.712 bits per heavy atom. The molecule has 0 saturated carbocycles. The first kappa shape index (κ1) is 52.1. The maximum absolute atomic E-state index is 4.22. The van der Waals surface area contributed by atoms with Crippen molar-refractivity contribution in [2.24, 2.45) is 0 Å². The second kappa shape index (κ2) is 33.5. The normalized spacial score (nSPS) is 10.3. The van der Waals surface area contributed by atoms with Crippen LogP contribution in [0.2, 0.25) is 0 Å². The van der Waals surface area contributed by atoms with Crippen LogP contribution in [0, 0.1) is 0 Å². The van der Waals surface area contributed by atoms with Crippen molar-refractivity contribution in [2.75, 3.05) is 123 Å². The van der Waals surface area contributed by atoms with E-state index in [-0.39, 0.29) is 59.1 Å². The molecule has 0 aliphatic carbocycles. The van der Waals surface area contributed by atoms with Crippen LogP contribution in [0.3, 0.4) is 0 Å².